The van der Waals surface area contributed by atoms with E-state index in [4.69, 9.17) is 9.47 Å². The van der Waals surface area contributed by atoms with Crippen molar-refractivity contribution in [3.8, 4) is 5.75 Å². The summed E-state index contributed by atoms with van der Waals surface area (Å²) in [7, 11) is 3.23. The summed E-state index contributed by atoms with van der Waals surface area (Å²) in [5.41, 5.74) is 0.314. The van der Waals surface area contributed by atoms with Gasteiger partial charge in [0.05, 0.1) is 18.9 Å². The third-order valence-electron chi connectivity index (χ3n) is 3.06. The van der Waals surface area contributed by atoms with Gasteiger partial charge in [0.15, 0.2) is 5.75 Å². The van der Waals surface area contributed by atoms with E-state index < -0.39 is 11.7 Å². The Balaban J connectivity index is 3.03. The lowest BCUT2D eigenvalue weighted by Crippen LogP contribution is -2.26. The third kappa shape index (κ3) is 3.23. The fourth-order valence-corrected chi connectivity index (χ4v) is 1.89. The summed E-state index contributed by atoms with van der Waals surface area (Å²) in [4.78, 5) is 0. The van der Waals surface area contributed by atoms with Crippen LogP contribution in [0.3, 0.4) is 0 Å². The molecule has 0 aromatic carbocycles. The molecule has 0 aliphatic rings. The lowest BCUT2D eigenvalue weighted by atomic mass is 9.98. The van der Waals surface area contributed by atoms with E-state index in [0.717, 1.165) is 0 Å². The second kappa shape index (κ2) is 5.71. The Morgan fingerprint density at radius 3 is 2.44 bits per heavy atom. The molecule has 0 aliphatic carbocycles. The molecule has 104 valence electrons. The first-order valence-corrected chi connectivity index (χ1v) is 6.17. The Morgan fingerprint density at radius 1 is 1.39 bits per heavy atom. The minimum absolute atomic E-state index is 0.171. The maximum absolute atomic E-state index is 10.4. The summed E-state index contributed by atoms with van der Waals surface area (Å²) in [5, 5.41) is 14.7. The molecule has 0 spiro atoms. The largest absolute Gasteiger partial charge is 0.493 e. The van der Waals surface area contributed by atoms with Crippen LogP contribution in [-0.2, 0) is 4.74 Å². The van der Waals surface area contributed by atoms with Crippen molar-refractivity contribution in [3.63, 3.8) is 0 Å². The normalized spacial score (nSPS) is 14.0. The van der Waals surface area contributed by atoms with Crippen molar-refractivity contribution in [3.05, 3.63) is 11.9 Å². The van der Waals surface area contributed by atoms with E-state index >= 15 is 0 Å². The summed E-state index contributed by atoms with van der Waals surface area (Å²) in [6, 6.07) is 0.171. The molecule has 18 heavy (non-hydrogen) atoms. The molecule has 0 bridgehead atoms. The van der Waals surface area contributed by atoms with Gasteiger partial charge in [0.1, 0.15) is 11.8 Å². The van der Waals surface area contributed by atoms with E-state index in [1.807, 2.05) is 27.7 Å². The van der Waals surface area contributed by atoms with Crippen LogP contribution in [0.4, 0.5) is 0 Å². The number of ether oxygens (including phenoxy) is 2. The van der Waals surface area contributed by atoms with Crippen LogP contribution in [0.2, 0.25) is 0 Å². The van der Waals surface area contributed by atoms with Crippen LogP contribution < -0.4 is 4.74 Å². The van der Waals surface area contributed by atoms with E-state index in [2.05, 4.69) is 5.10 Å². The number of aliphatic hydroxyl groups is 1. The van der Waals surface area contributed by atoms with E-state index in [1.165, 1.54) is 0 Å². The molecule has 1 N–H and O–H groups in total. The number of aliphatic hydroxyl groups excluding tert-OH is 1. The second-order valence-corrected chi connectivity index (χ2v) is 5.32. The lowest BCUT2D eigenvalue weighted by molar-refractivity contribution is -0.0226. The average Bonchev–Trinajstić information content (AvgIpc) is 2.72. The van der Waals surface area contributed by atoms with Gasteiger partial charge in [-0.05, 0) is 27.7 Å². The van der Waals surface area contributed by atoms with Crippen LogP contribution in [0.5, 0.6) is 5.75 Å². The maximum Gasteiger partial charge on any atom is 0.162 e. The van der Waals surface area contributed by atoms with Crippen molar-refractivity contribution in [2.24, 2.45) is 0 Å². The molecule has 0 saturated heterocycles. The van der Waals surface area contributed by atoms with Crippen molar-refractivity contribution in [1.29, 1.82) is 0 Å². The SMILES string of the molecule is COc1cnn(C(C)C)c1C(O)CC(C)(C)OC. The van der Waals surface area contributed by atoms with Crippen molar-refractivity contribution in [2.75, 3.05) is 14.2 Å². The van der Waals surface area contributed by atoms with Crippen LogP contribution in [0, 0.1) is 0 Å². The van der Waals surface area contributed by atoms with Gasteiger partial charge in [0.25, 0.3) is 0 Å². The Kier molecular flexibility index (Phi) is 4.76. The smallest absolute Gasteiger partial charge is 0.162 e. The van der Waals surface area contributed by atoms with Gasteiger partial charge in [-0.2, -0.15) is 5.10 Å². The zero-order chi connectivity index (χ0) is 13.9. The molecule has 0 fully saturated rings. The fraction of sp³-hybridized carbons (Fsp3) is 0.769. The van der Waals surface area contributed by atoms with Crippen LogP contribution in [-0.4, -0.2) is 34.7 Å². The highest BCUT2D eigenvalue weighted by molar-refractivity contribution is 5.28. The van der Waals surface area contributed by atoms with Gasteiger partial charge >= 0.3 is 0 Å². The highest BCUT2D eigenvalue weighted by Gasteiger charge is 2.28. The van der Waals surface area contributed by atoms with Gasteiger partial charge in [0.2, 0.25) is 0 Å². The van der Waals surface area contributed by atoms with Crippen molar-refractivity contribution < 1.29 is 14.6 Å². The lowest BCUT2D eigenvalue weighted by Gasteiger charge is -2.27. The standard InChI is InChI=1S/C13H24N2O3/c1-9(2)15-12(11(17-5)8-14-15)10(16)7-13(3,4)18-6/h8-10,16H,7H2,1-6H3. The third-order valence-corrected chi connectivity index (χ3v) is 3.06. The number of rotatable bonds is 6. The highest BCUT2D eigenvalue weighted by atomic mass is 16.5. The first-order valence-electron chi connectivity index (χ1n) is 6.17. The zero-order valence-electron chi connectivity index (χ0n) is 12.1. The minimum atomic E-state index is -0.667. The maximum atomic E-state index is 10.4. The topological polar surface area (TPSA) is 56.5 Å². The molecule has 1 unspecified atom stereocenters. The molecule has 0 aliphatic heterocycles. The predicted molar refractivity (Wildman–Crippen MR) is 69.8 cm³/mol. The molecule has 1 heterocycles. The van der Waals surface area contributed by atoms with Crippen LogP contribution in [0.15, 0.2) is 6.20 Å². The van der Waals surface area contributed by atoms with E-state index in [0.29, 0.717) is 17.9 Å². The number of hydrogen-bond donors (Lipinski definition) is 1. The van der Waals surface area contributed by atoms with Gasteiger partial charge in [-0.1, -0.05) is 0 Å². The van der Waals surface area contributed by atoms with Crippen molar-refractivity contribution in [1.82, 2.24) is 9.78 Å². The monoisotopic (exact) mass is 256 g/mol. The molecule has 1 rings (SSSR count). The molecule has 0 saturated carbocycles. The number of aromatic nitrogens is 2. The molecule has 5 nitrogen and oxygen atoms in total. The van der Waals surface area contributed by atoms with Gasteiger partial charge < -0.3 is 14.6 Å². The van der Waals surface area contributed by atoms with Crippen LogP contribution >= 0.6 is 0 Å². The van der Waals surface area contributed by atoms with Crippen LogP contribution in [0.1, 0.15) is 52.0 Å². The Labute approximate surface area is 109 Å². The summed E-state index contributed by atoms with van der Waals surface area (Å²) in [6.45, 7) is 7.92. The van der Waals surface area contributed by atoms with Gasteiger partial charge in [-0.25, -0.2) is 0 Å². The molecular weight excluding hydrogens is 232 g/mol. The molecule has 0 radical (unpaired) electrons. The summed E-state index contributed by atoms with van der Waals surface area (Å²) in [5.74, 6) is 0.614. The second-order valence-electron chi connectivity index (χ2n) is 5.32. The van der Waals surface area contributed by atoms with E-state index in [9.17, 15) is 5.11 Å². The van der Waals surface area contributed by atoms with Crippen LogP contribution in [0.25, 0.3) is 0 Å². The first-order chi connectivity index (χ1) is 8.32. The molecule has 1 atom stereocenters. The summed E-state index contributed by atoms with van der Waals surface area (Å²) in [6.07, 6.45) is 1.45. The van der Waals surface area contributed by atoms with Crippen molar-refractivity contribution in [2.45, 2.75) is 51.9 Å². The Morgan fingerprint density at radius 2 is 2.00 bits per heavy atom. The predicted octanol–water partition coefficient (Wildman–Crippen LogP) is 2.32. The van der Waals surface area contributed by atoms with Gasteiger partial charge in [0, 0.05) is 19.6 Å². The highest BCUT2D eigenvalue weighted by Crippen LogP contribution is 2.33. The molecule has 1 aromatic rings. The van der Waals surface area contributed by atoms with Gasteiger partial charge in [-0.15, -0.1) is 0 Å². The molecule has 1 aromatic heterocycles. The Bertz CT molecular complexity index is 386. The molecular formula is C13H24N2O3. The number of hydrogen-bond acceptors (Lipinski definition) is 4. The number of methoxy groups -OCH3 is 2. The summed E-state index contributed by atoms with van der Waals surface area (Å²) < 4.78 is 12.4. The first kappa shape index (κ1) is 15.0. The number of nitrogens with zero attached hydrogens (tertiary/aromatic N) is 2. The van der Waals surface area contributed by atoms with Gasteiger partial charge in [-0.3, -0.25) is 4.68 Å². The minimum Gasteiger partial charge on any atom is -0.493 e. The zero-order valence-corrected chi connectivity index (χ0v) is 12.1. The molecule has 5 heteroatoms. The Hall–Kier alpha value is -1.07. The van der Waals surface area contributed by atoms with E-state index in [-0.39, 0.29) is 6.04 Å². The average molecular weight is 256 g/mol. The summed E-state index contributed by atoms with van der Waals surface area (Å²) >= 11 is 0. The van der Waals surface area contributed by atoms with E-state index in [1.54, 1.807) is 25.1 Å². The quantitative estimate of drug-likeness (QED) is 0.848. The molecule has 0 amide bonds. The van der Waals surface area contributed by atoms with Crippen molar-refractivity contribution >= 4 is 0 Å². The fourth-order valence-electron chi connectivity index (χ4n) is 1.89.